The first kappa shape index (κ1) is 11.8. The van der Waals surface area contributed by atoms with Gasteiger partial charge in [-0.25, -0.2) is 4.98 Å². The van der Waals surface area contributed by atoms with Crippen molar-refractivity contribution in [3.63, 3.8) is 0 Å². The zero-order chi connectivity index (χ0) is 11.4. The van der Waals surface area contributed by atoms with Gasteiger partial charge >= 0.3 is 5.97 Å². The number of imidazole rings is 1. The number of nitrogens with zero attached hydrogens (tertiary/aromatic N) is 2. The van der Waals surface area contributed by atoms with Crippen molar-refractivity contribution in [2.75, 3.05) is 0 Å². The summed E-state index contributed by atoms with van der Waals surface area (Å²) in [5.74, 6) is -0.462. The maximum Gasteiger partial charge on any atom is 0.304 e. The van der Waals surface area contributed by atoms with E-state index in [2.05, 4.69) is 4.98 Å². The van der Waals surface area contributed by atoms with E-state index in [1.807, 2.05) is 31.5 Å². The molecular formula is C11H18N2O2. The molecule has 15 heavy (non-hydrogen) atoms. The van der Waals surface area contributed by atoms with Gasteiger partial charge in [-0.2, -0.15) is 0 Å². The molecule has 0 saturated carbocycles. The van der Waals surface area contributed by atoms with Gasteiger partial charge < -0.3 is 9.67 Å². The number of hydrogen-bond donors (Lipinski definition) is 1. The zero-order valence-electron chi connectivity index (χ0n) is 9.47. The second-order valence-corrected chi connectivity index (χ2v) is 4.08. The SMILES string of the molecule is CCn1cnc(C(CC(=O)O)C(C)C)c1. The van der Waals surface area contributed by atoms with Crippen molar-refractivity contribution in [1.82, 2.24) is 9.55 Å². The van der Waals surface area contributed by atoms with Gasteiger partial charge in [0.05, 0.1) is 18.4 Å². The molecular weight excluding hydrogens is 192 g/mol. The fourth-order valence-electron chi connectivity index (χ4n) is 1.61. The lowest BCUT2D eigenvalue weighted by molar-refractivity contribution is -0.137. The smallest absolute Gasteiger partial charge is 0.304 e. The lowest BCUT2D eigenvalue weighted by Crippen LogP contribution is -2.12. The average molecular weight is 210 g/mol. The summed E-state index contributed by atoms with van der Waals surface area (Å²) in [6, 6.07) is 0. The van der Waals surface area contributed by atoms with E-state index in [4.69, 9.17) is 5.11 Å². The van der Waals surface area contributed by atoms with Crippen LogP contribution in [0.2, 0.25) is 0 Å². The van der Waals surface area contributed by atoms with E-state index >= 15 is 0 Å². The Morgan fingerprint density at radius 1 is 1.60 bits per heavy atom. The molecule has 1 atom stereocenters. The Morgan fingerprint density at radius 3 is 2.67 bits per heavy atom. The van der Waals surface area contributed by atoms with Crippen LogP contribution in [0.15, 0.2) is 12.5 Å². The van der Waals surface area contributed by atoms with Crippen LogP contribution < -0.4 is 0 Å². The number of carboxylic acid groups (broad SMARTS) is 1. The minimum absolute atomic E-state index is 0.00954. The minimum atomic E-state index is -0.764. The summed E-state index contributed by atoms with van der Waals surface area (Å²) in [6.45, 7) is 6.95. The van der Waals surface area contributed by atoms with Gasteiger partial charge in [0.15, 0.2) is 0 Å². The van der Waals surface area contributed by atoms with Gasteiger partial charge in [-0.3, -0.25) is 4.79 Å². The van der Waals surface area contributed by atoms with Gasteiger partial charge in [-0.15, -0.1) is 0 Å². The largest absolute Gasteiger partial charge is 0.481 e. The van der Waals surface area contributed by atoms with Crippen LogP contribution in [0.5, 0.6) is 0 Å². The van der Waals surface area contributed by atoms with Crippen molar-refractivity contribution in [3.05, 3.63) is 18.2 Å². The molecule has 0 aliphatic carbocycles. The highest BCUT2D eigenvalue weighted by molar-refractivity contribution is 5.67. The van der Waals surface area contributed by atoms with Crippen molar-refractivity contribution < 1.29 is 9.90 Å². The number of aryl methyl sites for hydroxylation is 1. The lowest BCUT2D eigenvalue weighted by Gasteiger charge is -2.16. The molecule has 1 aromatic heterocycles. The van der Waals surface area contributed by atoms with Crippen LogP contribution in [-0.4, -0.2) is 20.6 Å². The van der Waals surface area contributed by atoms with Gasteiger partial charge in [0.25, 0.3) is 0 Å². The quantitative estimate of drug-likeness (QED) is 0.809. The molecule has 0 amide bonds. The molecule has 4 heteroatoms. The van der Waals surface area contributed by atoms with E-state index in [1.54, 1.807) is 6.33 Å². The molecule has 0 aromatic carbocycles. The molecule has 0 aliphatic rings. The molecule has 0 bridgehead atoms. The lowest BCUT2D eigenvalue weighted by atomic mass is 9.90. The second-order valence-electron chi connectivity index (χ2n) is 4.08. The maximum absolute atomic E-state index is 10.7. The van der Waals surface area contributed by atoms with Crippen LogP contribution in [-0.2, 0) is 11.3 Å². The second kappa shape index (κ2) is 4.96. The Balaban J connectivity index is 2.83. The number of aromatic nitrogens is 2. The number of rotatable bonds is 5. The monoisotopic (exact) mass is 210 g/mol. The highest BCUT2D eigenvalue weighted by Crippen LogP contribution is 2.26. The highest BCUT2D eigenvalue weighted by Gasteiger charge is 2.21. The third-order valence-corrected chi connectivity index (χ3v) is 2.60. The van der Waals surface area contributed by atoms with E-state index in [-0.39, 0.29) is 12.3 Å². The van der Waals surface area contributed by atoms with Crippen molar-refractivity contribution >= 4 is 5.97 Å². The van der Waals surface area contributed by atoms with Crippen molar-refractivity contribution in [2.24, 2.45) is 5.92 Å². The maximum atomic E-state index is 10.7. The Kier molecular flexibility index (Phi) is 3.88. The molecule has 4 nitrogen and oxygen atoms in total. The predicted octanol–water partition coefficient (Wildman–Crippen LogP) is 2.12. The predicted molar refractivity (Wildman–Crippen MR) is 57.7 cm³/mol. The van der Waals surface area contributed by atoms with E-state index in [0.717, 1.165) is 12.2 Å². The number of hydrogen-bond acceptors (Lipinski definition) is 2. The number of carboxylic acids is 1. The summed E-state index contributed by atoms with van der Waals surface area (Å²) in [7, 11) is 0. The van der Waals surface area contributed by atoms with Gasteiger partial charge in [0.1, 0.15) is 0 Å². The van der Waals surface area contributed by atoms with Crippen molar-refractivity contribution in [1.29, 1.82) is 0 Å². The van der Waals surface area contributed by atoms with Crippen LogP contribution in [0.25, 0.3) is 0 Å². The Labute approximate surface area is 89.9 Å². The summed E-state index contributed by atoms with van der Waals surface area (Å²) < 4.78 is 1.96. The third kappa shape index (κ3) is 3.08. The molecule has 0 spiro atoms. The van der Waals surface area contributed by atoms with Crippen LogP contribution in [0.4, 0.5) is 0 Å². The highest BCUT2D eigenvalue weighted by atomic mass is 16.4. The molecule has 84 valence electrons. The minimum Gasteiger partial charge on any atom is -0.481 e. The molecule has 0 aliphatic heterocycles. The molecule has 1 aromatic rings. The summed E-state index contributed by atoms with van der Waals surface area (Å²) in [5, 5.41) is 8.82. The molecule has 1 heterocycles. The normalized spacial score (nSPS) is 13.1. The summed E-state index contributed by atoms with van der Waals surface area (Å²) in [5.41, 5.74) is 0.884. The van der Waals surface area contributed by atoms with Crippen molar-refractivity contribution in [2.45, 2.75) is 39.7 Å². The fourth-order valence-corrected chi connectivity index (χ4v) is 1.61. The zero-order valence-corrected chi connectivity index (χ0v) is 9.47. The summed E-state index contributed by atoms with van der Waals surface area (Å²) >= 11 is 0. The molecule has 0 fully saturated rings. The van der Waals surface area contributed by atoms with Crippen LogP contribution in [0, 0.1) is 5.92 Å². The van der Waals surface area contributed by atoms with E-state index in [9.17, 15) is 4.79 Å². The third-order valence-electron chi connectivity index (χ3n) is 2.60. The Bertz CT molecular complexity index is 331. The molecule has 0 radical (unpaired) electrons. The van der Waals surface area contributed by atoms with E-state index in [1.165, 1.54) is 0 Å². The van der Waals surface area contributed by atoms with Gasteiger partial charge in [0, 0.05) is 18.7 Å². The van der Waals surface area contributed by atoms with Crippen molar-refractivity contribution in [3.8, 4) is 0 Å². The van der Waals surface area contributed by atoms with Gasteiger partial charge in [0.2, 0.25) is 0 Å². The number of carbonyl (C=O) groups is 1. The summed E-state index contributed by atoms with van der Waals surface area (Å²) in [6.07, 6.45) is 3.85. The van der Waals surface area contributed by atoms with Crippen LogP contribution in [0.3, 0.4) is 0 Å². The Morgan fingerprint density at radius 2 is 2.27 bits per heavy atom. The first-order valence-corrected chi connectivity index (χ1v) is 5.28. The Hall–Kier alpha value is -1.32. The molecule has 0 saturated heterocycles. The molecule has 1 unspecified atom stereocenters. The van der Waals surface area contributed by atoms with Gasteiger partial charge in [-0.1, -0.05) is 13.8 Å². The first-order valence-electron chi connectivity index (χ1n) is 5.28. The average Bonchev–Trinajstić information content (AvgIpc) is 2.61. The fraction of sp³-hybridized carbons (Fsp3) is 0.636. The molecule has 1 N–H and O–H groups in total. The number of aliphatic carboxylic acids is 1. The topological polar surface area (TPSA) is 55.1 Å². The standard InChI is InChI=1S/C11H18N2O2/c1-4-13-6-10(12-7-13)9(8(2)3)5-11(14)15/h6-9H,4-5H2,1-3H3,(H,14,15). The summed E-state index contributed by atoms with van der Waals surface area (Å²) in [4.78, 5) is 15.0. The molecule has 1 rings (SSSR count). The van der Waals surface area contributed by atoms with Crippen LogP contribution >= 0.6 is 0 Å². The van der Waals surface area contributed by atoms with E-state index < -0.39 is 5.97 Å². The van der Waals surface area contributed by atoms with Gasteiger partial charge in [-0.05, 0) is 12.8 Å². The van der Waals surface area contributed by atoms with E-state index in [0.29, 0.717) is 5.92 Å². The first-order chi connectivity index (χ1) is 7.04. The van der Waals surface area contributed by atoms with Crippen LogP contribution in [0.1, 0.15) is 38.8 Å².